The van der Waals surface area contributed by atoms with Crippen LogP contribution in [-0.4, -0.2) is 12.1 Å². The Balaban J connectivity index is 2.39. The molecule has 2 rings (SSSR count). The summed E-state index contributed by atoms with van der Waals surface area (Å²) in [4.78, 5) is 0.388. The average molecular weight is 286 g/mol. The Hall–Kier alpha value is -2.07. The Labute approximate surface area is 124 Å². The fourth-order valence-electron chi connectivity index (χ4n) is 2.02. The van der Waals surface area contributed by atoms with E-state index in [-0.39, 0.29) is 0 Å². The Morgan fingerprint density at radius 1 is 1.10 bits per heavy atom. The van der Waals surface area contributed by atoms with Crippen LogP contribution < -0.4 is 15.8 Å². The van der Waals surface area contributed by atoms with Crippen LogP contribution in [0.1, 0.15) is 16.7 Å². The van der Waals surface area contributed by atoms with E-state index >= 15 is 0 Å². The lowest BCUT2D eigenvalue weighted by molar-refractivity contribution is 0.414. The number of anilines is 2. The first-order chi connectivity index (χ1) is 9.51. The van der Waals surface area contributed by atoms with E-state index in [0.717, 1.165) is 33.8 Å². The first-order valence-corrected chi connectivity index (χ1v) is 6.74. The molecule has 0 aliphatic carbocycles. The molecule has 0 saturated carbocycles. The second kappa shape index (κ2) is 5.92. The number of ether oxygens (including phenoxy) is 1. The number of benzene rings is 2. The van der Waals surface area contributed by atoms with Gasteiger partial charge in [-0.3, -0.25) is 0 Å². The number of methoxy groups -OCH3 is 1. The van der Waals surface area contributed by atoms with Gasteiger partial charge in [-0.1, -0.05) is 18.3 Å². The molecule has 0 radical (unpaired) electrons. The molecule has 0 aromatic heterocycles. The van der Waals surface area contributed by atoms with Gasteiger partial charge in [0.2, 0.25) is 0 Å². The molecule has 0 fully saturated rings. The predicted molar refractivity (Wildman–Crippen MR) is 88.1 cm³/mol. The molecule has 0 unspecified atom stereocenters. The highest BCUT2D eigenvalue weighted by Gasteiger charge is 2.07. The van der Waals surface area contributed by atoms with Crippen LogP contribution in [0.3, 0.4) is 0 Å². The number of aryl methyl sites for hydroxylation is 2. The molecule has 3 nitrogen and oxygen atoms in total. The van der Waals surface area contributed by atoms with E-state index in [1.54, 1.807) is 7.11 Å². The normalized spacial score (nSPS) is 10.2. The third kappa shape index (κ3) is 3.08. The molecule has 20 heavy (non-hydrogen) atoms. The summed E-state index contributed by atoms with van der Waals surface area (Å²) in [6.07, 6.45) is 0. The SMILES string of the molecule is COc1ccc(Nc2cc(C)ccc2C(N)=S)c(C)c1. The van der Waals surface area contributed by atoms with Crippen LogP contribution >= 0.6 is 12.2 Å². The molecule has 2 aromatic carbocycles. The highest BCUT2D eigenvalue weighted by Crippen LogP contribution is 2.27. The molecular weight excluding hydrogens is 268 g/mol. The van der Waals surface area contributed by atoms with Crippen molar-refractivity contribution < 1.29 is 4.74 Å². The summed E-state index contributed by atoms with van der Waals surface area (Å²) in [5.74, 6) is 0.840. The Kier molecular flexibility index (Phi) is 4.25. The van der Waals surface area contributed by atoms with Crippen molar-refractivity contribution in [1.82, 2.24) is 0 Å². The smallest absolute Gasteiger partial charge is 0.119 e. The van der Waals surface area contributed by atoms with Crippen molar-refractivity contribution in [3.8, 4) is 5.75 Å². The summed E-state index contributed by atoms with van der Waals surface area (Å²) in [5.41, 5.74) is 10.8. The van der Waals surface area contributed by atoms with Crippen LogP contribution in [0.25, 0.3) is 0 Å². The summed E-state index contributed by atoms with van der Waals surface area (Å²) in [5, 5.41) is 3.39. The largest absolute Gasteiger partial charge is 0.497 e. The summed E-state index contributed by atoms with van der Waals surface area (Å²) in [6, 6.07) is 11.9. The second-order valence-electron chi connectivity index (χ2n) is 4.72. The van der Waals surface area contributed by atoms with Crippen molar-refractivity contribution in [1.29, 1.82) is 0 Å². The maximum absolute atomic E-state index is 5.77. The fourth-order valence-corrected chi connectivity index (χ4v) is 2.20. The molecule has 104 valence electrons. The van der Waals surface area contributed by atoms with Gasteiger partial charge in [0.05, 0.1) is 7.11 Å². The average Bonchev–Trinajstić information content (AvgIpc) is 2.40. The number of nitrogens with one attached hydrogen (secondary N) is 1. The lowest BCUT2D eigenvalue weighted by Crippen LogP contribution is -2.12. The first kappa shape index (κ1) is 14.3. The summed E-state index contributed by atoms with van der Waals surface area (Å²) in [7, 11) is 1.66. The van der Waals surface area contributed by atoms with E-state index in [9.17, 15) is 0 Å². The van der Waals surface area contributed by atoms with Gasteiger partial charge in [-0.05, 0) is 55.3 Å². The van der Waals surface area contributed by atoms with E-state index in [0.29, 0.717) is 4.99 Å². The van der Waals surface area contributed by atoms with Crippen molar-refractivity contribution in [3.63, 3.8) is 0 Å². The zero-order valence-corrected chi connectivity index (χ0v) is 12.7. The highest BCUT2D eigenvalue weighted by atomic mass is 32.1. The quantitative estimate of drug-likeness (QED) is 0.842. The Bertz CT molecular complexity index is 653. The van der Waals surface area contributed by atoms with Gasteiger partial charge in [0.15, 0.2) is 0 Å². The fraction of sp³-hybridized carbons (Fsp3) is 0.188. The molecule has 0 heterocycles. The van der Waals surface area contributed by atoms with E-state index in [4.69, 9.17) is 22.7 Å². The predicted octanol–water partition coefficient (Wildman–Crippen LogP) is 3.69. The summed E-state index contributed by atoms with van der Waals surface area (Å²) >= 11 is 5.10. The molecule has 3 N–H and O–H groups in total. The van der Waals surface area contributed by atoms with Crippen molar-refractivity contribution in [2.45, 2.75) is 13.8 Å². The number of thiocarbonyl (C=S) groups is 1. The van der Waals surface area contributed by atoms with Crippen LogP contribution in [0, 0.1) is 13.8 Å². The zero-order valence-electron chi connectivity index (χ0n) is 11.9. The topological polar surface area (TPSA) is 47.3 Å². The van der Waals surface area contributed by atoms with Crippen LogP contribution in [0.5, 0.6) is 5.75 Å². The monoisotopic (exact) mass is 286 g/mol. The lowest BCUT2D eigenvalue weighted by atomic mass is 10.1. The van der Waals surface area contributed by atoms with Gasteiger partial charge in [-0.2, -0.15) is 0 Å². The third-order valence-electron chi connectivity index (χ3n) is 3.14. The van der Waals surface area contributed by atoms with Crippen LogP contribution in [0.2, 0.25) is 0 Å². The molecule has 0 saturated heterocycles. The zero-order chi connectivity index (χ0) is 14.7. The summed E-state index contributed by atoms with van der Waals surface area (Å²) < 4.78 is 5.21. The molecule has 2 aromatic rings. The minimum atomic E-state index is 0.388. The van der Waals surface area contributed by atoms with E-state index in [1.165, 1.54) is 0 Å². The van der Waals surface area contributed by atoms with E-state index in [2.05, 4.69) is 5.32 Å². The first-order valence-electron chi connectivity index (χ1n) is 6.33. The van der Waals surface area contributed by atoms with Crippen LogP contribution in [-0.2, 0) is 0 Å². The molecule has 0 atom stereocenters. The van der Waals surface area contributed by atoms with Crippen molar-refractivity contribution >= 4 is 28.6 Å². The molecule has 0 spiro atoms. The van der Waals surface area contributed by atoms with Gasteiger partial charge in [0, 0.05) is 16.9 Å². The Morgan fingerprint density at radius 3 is 2.45 bits per heavy atom. The maximum Gasteiger partial charge on any atom is 0.119 e. The van der Waals surface area contributed by atoms with Gasteiger partial charge in [-0.15, -0.1) is 0 Å². The van der Waals surface area contributed by atoms with E-state index in [1.807, 2.05) is 50.2 Å². The summed E-state index contributed by atoms with van der Waals surface area (Å²) in [6.45, 7) is 4.07. The van der Waals surface area contributed by atoms with Gasteiger partial charge >= 0.3 is 0 Å². The molecule has 4 heteroatoms. The molecule has 0 bridgehead atoms. The van der Waals surface area contributed by atoms with Gasteiger partial charge in [0.1, 0.15) is 10.7 Å². The number of nitrogens with two attached hydrogens (primary N) is 1. The van der Waals surface area contributed by atoms with Crippen molar-refractivity contribution in [2.75, 3.05) is 12.4 Å². The van der Waals surface area contributed by atoms with Crippen LogP contribution in [0.15, 0.2) is 36.4 Å². The maximum atomic E-state index is 5.77. The van der Waals surface area contributed by atoms with E-state index < -0.39 is 0 Å². The van der Waals surface area contributed by atoms with Crippen molar-refractivity contribution in [2.24, 2.45) is 5.73 Å². The lowest BCUT2D eigenvalue weighted by Gasteiger charge is -2.14. The molecule has 0 aliphatic heterocycles. The van der Waals surface area contributed by atoms with Crippen LogP contribution in [0.4, 0.5) is 11.4 Å². The molecular formula is C16H18N2OS. The minimum Gasteiger partial charge on any atom is -0.497 e. The molecule has 0 amide bonds. The highest BCUT2D eigenvalue weighted by molar-refractivity contribution is 7.80. The van der Waals surface area contributed by atoms with Gasteiger partial charge in [0.25, 0.3) is 0 Å². The minimum absolute atomic E-state index is 0.388. The van der Waals surface area contributed by atoms with Crippen molar-refractivity contribution in [3.05, 3.63) is 53.1 Å². The Morgan fingerprint density at radius 2 is 1.85 bits per heavy atom. The van der Waals surface area contributed by atoms with Gasteiger partial charge < -0.3 is 15.8 Å². The van der Waals surface area contributed by atoms with Gasteiger partial charge in [-0.25, -0.2) is 0 Å². The number of hydrogen-bond donors (Lipinski definition) is 2. The molecule has 0 aliphatic rings. The standard InChI is InChI=1S/C16H18N2OS/c1-10-4-6-13(16(17)20)15(8-10)18-14-7-5-12(19-3)9-11(14)2/h4-9,18H,1-3H3,(H2,17,20). The second-order valence-corrected chi connectivity index (χ2v) is 5.16. The number of rotatable bonds is 4. The third-order valence-corrected chi connectivity index (χ3v) is 3.36. The number of hydrogen-bond acceptors (Lipinski definition) is 3.